The van der Waals surface area contributed by atoms with Gasteiger partial charge in [-0.05, 0) is 17.0 Å². The van der Waals surface area contributed by atoms with Crippen molar-refractivity contribution in [1.82, 2.24) is 5.32 Å². The van der Waals surface area contributed by atoms with Gasteiger partial charge in [0, 0.05) is 19.6 Å². The predicted octanol–water partition coefficient (Wildman–Crippen LogP) is 3.93. The van der Waals surface area contributed by atoms with Crippen molar-refractivity contribution in [3.05, 3.63) is 71.8 Å². The molecule has 0 aromatic heterocycles. The van der Waals surface area contributed by atoms with E-state index in [1.807, 2.05) is 48.5 Å². The van der Waals surface area contributed by atoms with Gasteiger partial charge in [-0.15, -0.1) is 0 Å². The summed E-state index contributed by atoms with van der Waals surface area (Å²) in [6.45, 7) is 4.96. The van der Waals surface area contributed by atoms with Crippen molar-refractivity contribution in [2.45, 2.75) is 25.9 Å². The van der Waals surface area contributed by atoms with Crippen LogP contribution in [0.4, 0.5) is 0 Å². The molecule has 0 aliphatic rings. The number of methoxy groups -OCH3 is 1. The van der Waals surface area contributed by atoms with Crippen LogP contribution in [-0.4, -0.2) is 19.6 Å². The molecule has 3 heteroatoms. The molecule has 2 aromatic carbocycles. The largest absolute Gasteiger partial charge is 0.367 e. The Balaban J connectivity index is 2.04. The second kappa shape index (κ2) is 8.49. The van der Waals surface area contributed by atoms with E-state index < -0.39 is 6.10 Å². The smallest absolute Gasteiger partial charge is 0.253 e. The average molecular weight is 311 g/mol. The maximum atomic E-state index is 12.5. The third-order valence-corrected chi connectivity index (χ3v) is 4.10. The number of ether oxygens (including phenoxy) is 1. The molecule has 0 heterocycles. The second-order valence-electron chi connectivity index (χ2n) is 6.03. The minimum Gasteiger partial charge on any atom is -0.367 e. The quantitative estimate of drug-likeness (QED) is 0.841. The van der Waals surface area contributed by atoms with Gasteiger partial charge >= 0.3 is 0 Å². The van der Waals surface area contributed by atoms with Gasteiger partial charge in [0.15, 0.2) is 6.10 Å². The van der Waals surface area contributed by atoms with Crippen LogP contribution in [0.1, 0.15) is 37.0 Å². The molecular weight excluding hydrogens is 286 g/mol. The van der Waals surface area contributed by atoms with Gasteiger partial charge in [0.25, 0.3) is 5.91 Å². The lowest BCUT2D eigenvalue weighted by Crippen LogP contribution is -2.34. The van der Waals surface area contributed by atoms with Gasteiger partial charge in [-0.25, -0.2) is 0 Å². The van der Waals surface area contributed by atoms with E-state index in [4.69, 9.17) is 4.74 Å². The summed E-state index contributed by atoms with van der Waals surface area (Å²) in [6.07, 6.45) is -0.570. The first-order chi connectivity index (χ1) is 11.1. The Morgan fingerprint density at radius 1 is 0.957 bits per heavy atom. The number of rotatable bonds is 7. The first-order valence-corrected chi connectivity index (χ1v) is 8.04. The van der Waals surface area contributed by atoms with Crippen molar-refractivity contribution in [3.63, 3.8) is 0 Å². The van der Waals surface area contributed by atoms with Crippen molar-refractivity contribution < 1.29 is 9.53 Å². The van der Waals surface area contributed by atoms with Crippen molar-refractivity contribution in [1.29, 1.82) is 0 Å². The van der Waals surface area contributed by atoms with E-state index >= 15 is 0 Å². The molecule has 3 nitrogen and oxygen atoms in total. The fraction of sp³-hybridized carbons (Fsp3) is 0.350. The Hall–Kier alpha value is -2.13. The van der Waals surface area contributed by atoms with E-state index in [1.165, 1.54) is 5.56 Å². The molecule has 0 radical (unpaired) electrons. The zero-order valence-corrected chi connectivity index (χ0v) is 14.0. The summed E-state index contributed by atoms with van der Waals surface area (Å²) in [7, 11) is 1.56. The van der Waals surface area contributed by atoms with Crippen LogP contribution in [0, 0.1) is 5.92 Å². The average Bonchev–Trinajstić information content (AvgIpc) is 2.57. The summed E-state index contributed by atoms with van der Waals surface area (Å²) in [5.41, 5.74) is 2.12. The number of benzene rings is 2. The lowest BCUT2D eigenvalue weighted by Gasteiger charge is -2.23. The van der Waals surface area contributed by atoms with Crippen LogP contribution in [-0.2, 0) is 9.53 Å². The van der Waals surface area contributed by atoms with Crippen molar-refractivity contribution in [2.75, 3.05) is 13.7 Å². The minimum atomic E-state index is -0.570. The molecule has 0 aliphatic heterocycles. The van der Waals surface area contributed by atoms with E-state index in [-0.39, 0.29) is 11.8 Å². The Morgan fingerprint density at radius 2 is 1.48 bits per heavy atom. The molecule has 0 spiro atoms. The van der Waals surface area contributed by atoms with Gasteiger partial charge in [-0.1, -0.05) is 74.5 Å². The minimum absolute atomic E-state index is 0.0970. The van der Waals surface area contributed by atoms with Crippen LogP contribution in [0.3, 0.4) is 0 Å². The fourth-order valence-electron chi connectivity index (χ4n) is 2.76. The van der Waals surface area contributed by atoms with Crippen LogP contribution in [0.5, 0.6) is 0 Å². The highest BCUT2D eigenvalue weighted by atomic mass is 16.5. The van der Waals surface area contributed by atoms with Gasteiger partial charge in [0.2, 0.25) is 0 Å². The fourth-order valence-corrected chi connectivity index (χ4v) is 2.76. The molecule has 122 valence electrons. The van der Waals surface area contributed by atoms with Gasteiger partial charge in [0.1, 0.15) is 0 Å². The van der Waals surface area contributed by atoms with Crippen LogP contribution in [0.25, 0.3) is 0 Å². The Bertz CT molecular complexity index is 596. The molecule has 2 aromatic rings. The summed E-state index contributed by atoms with van der Waals surface area (Å²) < 4.78 is 5.38. The molecule has 23 heavy (non-hydrogen) atoms. The highest BCUT2D eigenvalue weighted by Crippen LogP contribution is 2.24. The van der Waals surface area contributed by atoms with Crippen LogP contribution in [0.2, 0.25) is 0 Å². The Kier molecular flexibility index (Phi) is 6.36. The molecule has 1 N–H and O–H groups in total. The van der Waals surface area contributed by atoms with E-state index in [9.17, 15) is 4.79 Å². The summed E-state index contributed by atoms with van der Waals surface area (Å²) in [6, 6.07) is 19.9. The Labute approximate surface area is 138 Å². The van der Waals surface area contributed by atoms with Gasteiger partial charge < -0.3 is 10.1 Å². The summed E-state index contributed by atoms with van der Waals surface area (Å²) in [4.78, 5) is 12.5. The third-order valence-electron chi connectivity index (χ3n) is 4.10. The molecule has 0 aliphatic carbocycles. The monoisotopic (exact) mass is 311 g/mol. The van der Waals surface area contributed by atoms with Gasteiger partial charge in [-0.2, -0.15) is 0 Å². The molecule has 2 rings (SSSR count). The highest BCUT2D eigenvalue weighted by molar-refractivity contribution is 5.82. The molecule has 2 atom stereocenters. The number of carbonyl (C=O) groups excluding carboxylic acids is 1. The molecule has 0 saturated heterocycles. The number of nitrogens with one attached hydrogen (secondary N) is 1. The van der Waals surface area contributed by atoms with E-state index in [0.717, 1.165) is 5.56 Å². The third kappa shape index (κ3) is 4.67. The second-order valence-corrected chi connectivity index (χ2v) is 6.03. The van der Waals surface area contributed by atoms with E-state index in [2.05, 4.69) is 31.3 Å². The maximum Gasteiger partial charge on any atom is 0.253 e. The number of carbonyl (C=O) groups is 1. The van der Waals surface area contributed by atoms with Crippen molar-refractivity contribution in [2.24, 2.45) is 5.92 Å². The molecule has 0 saturated carbocycles. The number of hydrogen-bond donors (Lipinski definition) is 1. The lowest BCUT2D eigenvalue weighted by atomic mass is 9.88. The highest BCUT2D eigenvalue weighted by Gasteiger charge is 2.22. The summed E-state index contributed by atoms with van der Waals surface area (Å²) >= 11 is 0. The summed E-state index contributed by atoms with van der Waals surface area (Å²) in [5, 5.41) is 3.05. The topological polar surface area (TPSA) is 38.3 Å². The van der Waals surface area contributed by atoms with Crippen molar-refractivity contribution in [3.8, 4) is 0 Å². The summed E-state index contributed by atoms with van der Waals surface area (Å²) in [5.74, 6) is 0.629. The van der Waals surface area contributed by atoms with Crippen LogP contribution in [0.15, 0.2) is 60.7 Å². The standard InChI is InChI=1S/C20H25NO2/c1-15(2)18(16-10-6-4-7-11-16)14-21-20(22)19(23-3)17-12-8-5-9-13-17/h4-13,15,18-19H,14H2,1-3H3,(H,21,22)/t18-,19+/m0/s1. The Morgan fingerprint density at radius 3 is 1.96 bits per heavy atom. The predicted molar refractivity (Wildman–Crippen MR) is 93.2 cm³/mol. The molecular formula is C20H25NO2. The van der Waals surface area contributed by atoms with Gasteiger partial charge in [0.05, 0.1) is 0 Å². The van der Waals surface area contributed by atoms with E-state index in [0.29, 0.717) is 12.5 Å². The number of amides is 1. The first-order valence-electron chi connectivity index (χ1n) is 8.04. The molecule has 0 bridgehead atoms. The maximum absolute atomic E-state index is 12.5. The molecule has 0 fully saturated rings. The van der Waals surface area contributed by atoms with E-state index in [1.54, 1.807) is 7.11 Å². The zero-order chi connectivity index (χ0) is 16.7. The van der Waals surface area contributed by atoms with Crippen molar-refractivity contribution >= 4 is 5.91 Å². The first kappa shape index (κ1) is 17.2. The molecule has 0 unspecified atom stereocenters. The normalized spacial score (nSPS) is 13.6. The van der Waals surface area contributed by atoms with Gasteiger partial charge in [-0.3, -0.25) is 4.79 Å². The van der Waals surface area contributed by atoms with Crippen LogP contribution >= 0.6 is 0 Å². The van der Waals surface area contributed by atoms with Crippen LogP contribution < -0.4 is 5.32 Å². The molecule has 1 amide bonds. The number of hydrogen-bond acceptors (Lipinski definition) is 2. The zero-order valence-electron chi connectivity index (χ0n) is 14.0. The SMILES string of the molecule is CO[C@@H](C(=O)NC[C@H](c1ccccc1)C(C)C)c1ccccc1. The lowest BCUT2D eigenvalue weighted by molar-refractivity contribution is -0.131.